The van der Waals surface area contributed by atoms with E-state index in [2.05, 4.69) is 74.3 Å². The molecule has 1 aliphatic heterocycles. The lowest BCUT2D eigenvalue weighted by Crippen LogP contribution is -2.67. The molecule has 1 aromatic heterocycles. The number of hydrogen-bond acceptors (Lipinski definition) is 4. The number of benzene rings is 2. The van der Waals surface area contributed by atoms with E-state index in [9.17, 15) is 9.90 Å². The van der Waals surface area contributed by atoms with Gasteiger partial charge in [0.05, 0.1) is 0 Å². The molecule has 0 saturated carbocycles. The molecule has 2 atom stereocenters. The van der Waals surface area contributed by atoms with Gasteiger partial charge in [-0.25, -0.2) is 9.78 Å². The standard InChI is InChI=1S/C26H32N2O3SSi/c1-26(2,3)33(21-12-6-4-7-13-21,22-14-8-5-9-15-22)31-23(24-27-16-18-32-24)20-11-10-17-28(19-20)25(29)30/h4-9,12-16,18,20,23H,10-11,17,19H2,1-3H3,(H,29,30)/t20-,23-/m0/s1. The maximum Gasteiger partial charge on any atom is 0.407 e. The Hall–Kier alpha value is -2.48. The van der Waals surface area contributed by atoms with Crippen molar-refractivity contribution in [3.05, 3.63) is 77.2 Å². The van der Waals surface area contributed by atoms with Gasteiger partial charge in [-0.05, 0) is 28.3 Å². The molecule has 1 N–H and O–H groups in total. The summed E-state index contributed by atoms with van der Waals surface area (Å²) in [6.07, 6.45) is 2.45. The highest BCUT2D eigenvalue weighted by Crippen LogP contribution is 2.43. The molecule has 1 amide bonds. The number of piperidine rings is 1. The van der Waals surface area contributed by atoms with Crippen LogP contribution in [0.15, 0.2) is 72.2 Å². The molecule has 2 aromatic carbocycles. The Morgan fingerprint density at radius 3 is 2.21 bits per heavy atom. The summed E-state index contributed by atoms with van der Waals surface area (Å²) in [6, 6.07) is 21.2. The Labute approximate surface area is 201 Å². The van der Waals surface area contributed by atoms with Gasteiger partial charge in [-0.3, -0.25) is 0 Å². The summed E-state index contributed by atoms with van der Waals surface area (Å²) in [4.78, 5) is 18.0. The van der Waals surface area contributed by atoms with Gasteiger partial charge in [-0.15, -0.1) is 11.3 Å². The van der Waals surface area contributed by atoms with Crippen molar-refractivity contribution in [2.75, 3.05) is 13.1 Å². The summed E-state index contributed by atoms with van der Waals surface area (Å²) < 4.78 is 7.45. The highest BCUT2D eigenvalue weighted by atomic mass is 32.1. The number of rotatable bonds is 6. The van der Waals surface area contributed by atoms with Crippen molar-refractivity contribution in [3.63, 3.8) is 0 Å². The lowest BCUT2D eigenvalue weighted by molar-refractivity contribution is 0.0588. The van der Waals surface area contributed by atoms with Gasteiger partial charge in [0.1, 0.15) is 11.1 Å². The van der Waals surface area contributed by atoms with Crippen LogP contribution in [0.2, 0.25) is 5.04 Å². The number of aromatic nitrogens is 1. The van der Waals surface area contributed by atoms with Crippen LogP contribution in [0.1, 0.15) is 44.7 Å². The third-order valence-corrected chi connectivity index (χ3v) is 12.4. The molecule has 4 rings (SSSR count). The summed E-state index contributed by atoms with van der Waals surface area (Å²) >= 11 is 1.60. The first-order valence-electron chi connectivity index (χ1n) is 11.5. The lowest BCUT2D eigenvalue weighted by Gasteiger charge is -2.47. The average Bonchev–Trinajstić information content (AvgIpc) is 3.35. The monoisotopic (exact) mass is 480 g/mol. The van der Waals surface area contributed by atoms with Crippen LogP contribution in [0.5, 0.6) is 0 Å². The molecule has 7 heteroatoms. The van der Waals surface area contributed by atoms with Crippen LogP contribution in [-0.2, 0) is 4.43 Å². The smallest absolute Gasteiger partial charge is 0.407 e. The number of hydrogen-bond donors (Lipinski definition) is 1. The predicted octanol–water partition coefficient (Wildman–Crippen LogP) is 5.15. The minimum atomic E-state index is -2.80. The Morgan fingerprint density at radius 2 is 1.73 bits per heavy atom. The molecule has 0 aliphatic carbocycles. The lowest BCUT2D eigenvalue weighted by atomic mass is 9.93. The highest BCUT2D eigenvalue weighted by Gasteiger charge is 2.53. The first-order valence-corrected chi connectivity index (χ1v) is 14.3. The fraction of sp³-hybridized carbons (Fsp3) is 0.385. The Kier molecular flexibility index (Phi) is 7.02. The molecule has 1 saturated heterocycles. The number of nitrogens with zero attached hydrogens (tertiary/aromatic N) is 2. The van der Waals surface area contributed by atoms with E-state index < -0.39 is 14.4 Å². The number of carboxylic acid groups (broad SMARTS) is 1. The van der Waals surface area contributed by atoms with Crippen LogP contribution < -0.4 is 10.4 Å². The van der Waals surface area contributed by atoms with E-state index in [4.69, 9.17) is 4.43 Å². The minimum absolute atomic E-state index is 0.0580. The Morgan fingerprint density at radius 1 is 1.12 bits per heavy atom. The third-order valence-electron chi connectivity index (χ3n) is 6.57. The van der Waals surface area contributed by atoms with Crippen LogP contribution in [0.3, 0.4) is 0 Å². The van der Waals surface area contributed by atoms with E-state index in [-0.39, 0.29) is 17.1 Å². The van der Waals surface area contributed by atoms with Gasteiger partial charge >= 0.3 is 6.09 Å². The molecule has 0 spiro atoms. The highest BCUT2D eigenvalue weighted by molar-refractivity contribution is 7.09. The molecule has 0 unspecified atom stereocenters. The van der Waals surface area contributed by atoms with E-state index in [0.29, 0.717) is 13.1 Å². The van der Waals surface area contributed by atoms with Gasteiger partial charge in [0.2, 0.25) is 0 Å². The first kappa shape index (κ1) is 23.7. The summed E-state index contributed by atoms with van der Waals surface area (Å²) in [5, 5.41) is 14.9. The Bertz CT molecular complexity index is 999. The number of carbonyl (C=O) groups is 1. The van der Waals surface area contributed by atoms with E-state index in [1.165, 1.54) is 15.3 Å². The molecule has 3 aromatic rings. The SMILES string of the molecule is CC(C)(C)[Si](O[C@H](c1nccs1)[C@H]1CCCN(C(=O)O)C1)(c1ccccc1)c1ccccc1. The molecule has 0 bridgehead atoms. The molecule has 0 radical (unpaired) electrons. The molecule has 33 heavy (non-hydrogen) atoms. The maximum absolute atomic E-state index is 11.8. The van der Waals surface area contributed by atoms with Crippen molar-refractivity contribution in [2.45, 2.75) is 44.8 Å². The van der Waals surface area contributed by atoms with Gasteiger partial charge in [0.15, 0.2) is 0 Å². The van der Waals surface area contributed by atoms with Gasteiger partial charge in [-0.2, -0.15) is 0 Å². The summed E-state index contributed by atoms with van der Waals surface area (Å²) in [7, 11) is -2.80. The number of amides is 1. The van der Waals surface area contributed by atoms with E-state index in [1.807, 2.05) is 23.7 Å². The van der Waals surface area contributed by atoms with Gasteiger partial charge in [-0.1, -0.05) is 81.4 Å². The van der Waals surface area contributed by atoms with Crippen molar-refractivity contribution < 1.29 is 14.3 Å². The van der Waals surface area contributed by atoms with Gasteiger partial charge < -0.3 is 14.4 Å². The molecular weight excluding hydrogens is 448 g/mol. The van der Waals surface area contributed by atoms with Crippen molar-refractivity contribution >= 4 is 36.1 Å². The second-order valence-corrected chi connectivity index (χ2v) is 14.9. The number of likely N-dealkylation sites (tertiary alicyclic amines) is 1. The zero-order chi connectivity index (χ0) is 23.5. The molecule has 1 aliphatic rings. The average molecular weight is 481 g/mol. The second-order valence-electron chi connectivity index (χ2n) is 9.70. The van der Waals surface area contributed by atoms with Crippen molar-refractivity contribution in [1.82, 2.24) is 9.88 Å². The Balaban J connectivity index is 1.86. The topological polar surface area (TPSA) is 62.7 Å². The largest absolute Gasteiger partial charge is 0.465 e. The van der Waals surface area contributed by atoms with Crippen molar-refractivity contribution in [3.8, 4) is 0 Å². The van der Waals surface area contributed by atoms with Crippen molar-refractivity contribution in [1.29, 1.82) is 0 Å². The van der Waals surface area contributed by atoms with E-state index >= 15 is 0 Å². The van der Waals surface area contributed by atoms with Crippen LogP contribution >= 0.6 is 11.3 Å². The summed E-state index contributed by atoms with van der Waals surface area (Å²) in [5.74, 6) is 0.0580. The first-order chi connectivity index (χ1) is 15.8. The van der Waals surface area contributed by atoms with Crippen LogP contribution in [-0.4, -0.2) is 42.5 Å². The van der Waals surface area contributed by atoms with Crippen LogP contribution in [0, 0.1) is 5.92 Å². The normalized spacial score (nSPS) is 18.2. The van der Waals surface area contributed by atoms with Crippen LogP contribution in [0.25, 0.3) is 0 Å². The fourth-order valence-corrected chi connectivity index (χ4v) is 10.6. The van der Waals surface area contributed by atoms with E-state index in [1.54, 1.807) is 11.3 Å². The van der Waals surface area contributed by atoms with Gasteiger partial charge in [0.25, 0.3) is 8.32 Å². The van der Waals surface area contributed by atoms with Crippen molar-refractivity contribution in [2.24, 2.45) is 5.92 Å². The van der Waals surface area contributed by atoms with Gasteiger partial charge in [0, 0.05) is 30.6 Å². The predicted molar refractivity (Wildman–Crippen MR) is 136 cm³/mol. The molecule has 174 valence electrons. The zero-order valence-corrected chi connectivity index (χ0v) is 21.3. The second kappa shape index (κ2) is 9.79. The molecule has 1 fully saturated rings. The van der Waals surface area contributed by atoms with Crippen LogP contribution in [0.4, 0.5) is 4.79 Å². The minimum Gasteiger partial charge on any atom is -0.465 e. The molecule has 2 heterocycles. The molecule has 5 nitrogen and oxygen atoms in total. The molecular formula is C26H32N2O3SSi. The zero-order valence-electron chi connectivity index (χ0n) is 19.5. The third kappa shape index (κ3) is 4.76. The number of thiazole rings is 1. The fourth-order valence-electron chi connectivity index (χ4n) is 5.04. The summed E-state index contributed by atoms with van der Waals surface area (Å²) in [6.45, 7) is 7.85. The maximum atomic E-state index is 11.8. The quantitative estimate of drug-likeness (QED) is 0.496. The summed E-state index contributed by atoms with van der Waals surface area (Å²) in [5.41, 5.74) is 0. The van der Waals surface area contributed by atoms with E-state index in [0.717, 1.165) is 17.8 Å².